The first-order valence-corrected chi connectivity index (χ1v) is 11.9. The van der Waals surface area contributed by atoms with Gasteiger partial charge in [0, 0.05) is 19.5 Å². The second kappa shape index (κ2) is 9.56. The molecule has 0 spiro atoms. The third kappa shape index (κ3) is 5.30. The van der Waals surface area contributed by atoms with Crippen LogP contribution in [0.15, 0.2) is 42.5 Å². The summed E-state index contributed by atoms with van der Waals surface area (Å²) in [5.41, 5.74) is -4.24. The number of anilines is 1. The van der Waals surface area contributed by atoms with Crippen LogP contribution in [0.25, 0.3) is 0 Å². The van der Waals surface area contributed by atoms with Gasteiger partial charge in [0.05, 0.1) is 0 Å². The number of H-pyrrole nitrogens is 1. The van der Waals surface area contributed by atoms with E-state index in [2.05, 4.69) is 29.7 Å². The number of aryl methyl sites for hydroxylation is 1. The van der Waals surface area contributed by atoms with Crippen LogP contribution < -0.4 is 14.4 Å². The minimum atomic E-state index is -5.93. The van der Waals surface area contributed by atoms with E-state index in [4.69, 9.17) is 0 Å². The van der Waals surface area contributed by atoms with Gasteiger partial charge in [0.2, 0.25) is 17.6 Å². The maximum Gasteiger partial charge on any atom is 0.534 e. The molecule has 0 aliphatic carbocycles. The zero-order valence-corrected chi connectivity index (χ0v) is 19.4. The van der Waals surface area contributed by atoms with Gasteiger partial charge in [-0.05, 0) is 30.0 Å². The topological polar surface area (TPSA) is 147 Å². The Labute approximate surface area is 202 Å². The Morgan fingerprint density at radius 1 is 1.19 bits per heavy atom. The fraction of sp³-hybridized carbons (Fsp3) is 0.286. The summed E-state index contributed by atoms with van der Waals surface area (Å²) in [6.45, 7) is 0. The van der Waals surface area contributed by atoms with E-state index in [-0.39, 0.29) is 24.5 Å². The highest BCUT2D eigenvalue weighted by atomic mass is 32.2. The van der Waals surface area contributed by atoms with Crippen LogP contribution in [0.3, 0.4) is 0 Å². The molecule has 3 heterocycles. The molecule has 0 bridgehead atoms. The van der Waals surface area contributed by atoms with E-state index in [9.17, 15) is 31.2 Å². The van der Waals surface area contributed by atoms with E-state index in [1.807, 2.05) is 30.3 Å². The summed E-state index contributed by atoms with van der Waals surface area (Å²) in [4.78, 5) is 34.6. The fourth-order valence-electron chi connectivity index (χ4n) is 3.53. The molecule has 0 saturated carbocycles. The van der Waals surface area contributed by atoms with Crippen LogP contribution in [0.1, 0.15) is 34.0 Å². The zero-order valence-electron chi connectivity index (χ0n) is 18.6. The number of nitrogens with zero attached hydrogens (tertiary/aromatic N) is 4. The summed E-state index contributed by atoms with van der Waals surface area (Å²) < 4.78 is 64.5. The lowest BCUT2D eigenvalue weighted by molar-refractivity contribution is -0.120. The SMILES string of the molecule is CN1C(=O)[C@@H](NC(=O)c2n[nH]c(Cc3ccccc3)n2)CCc2ccc(OS(=O)(=O)C(F)(F)F)nc21. The first-order chi connectivity index (χ1) is 16.9. The van der Waals surface area contributed by atoms with Gasteiger partial charge in [-0.25, -0.2) is 4.98 Å². The average molecular weight is 524 g/mol. The number of hydrogen-bond donors (Lipinski definition) is 2. The van der Waals surface area contributed by atoms with Crippen molar-refractivity contribution in [2.75, 3.05) is 11.9 Å². The lowest BCUT2D eigenvalue weighted by atomic mass is 10.1. The molecular weight excluding hydrogens is 505 g/mol. The minimum absolute atomic E-state index is 0.0883. The number of likely N-dealkylation sites (N-methyl/N-ethyl adjacent to an activating group) is 1. The van der Waals surface area contributed by atoms with Crippen LogP contribution in [-0.2, 0) is 27.8 Å². The number of halogens is 3. The molecule has 1 atom stereocenters. The molecule has 1 aliphatic rings. The van der Waals surface area contributed by atoms with Crippen molar-refractivity contribution < 1.29 is 35.4 Å². The number of carbonyl (C=O) groups excluding carboxylic acids is 2. The number of alkyl halides is 3. The lowest BCUT2D eigenvalue weighted by Crippen LogP contribution is -2.47. The molecule has 0 unspecified atom stereocenters. The Kier molecular flexibility index (Phi) is 6.67. The van der Waals surface area contributed by atoms with Crippen LogP contribution in [0.5, 0.6) is 5.88 Å². The molecule has 2 amide bonds. The van der Waals surface area contributed by atoms with Crippen LogP contribution in [-0.4, -0.2) is 59.0 Å². The van der Waals surface area contributed by atoms with Crippen LogP contribution in [0, 0.1) is 0 Å². The second-order valence-electron chi connectivity index (χ2n) is 7.85. The first-order valence-electron chi connectivity index (χ1n) is 10.5. The standard InChI is InChI=1S/C21H19F3N6O5S/c1-30-18-13(8-10-16(27-18)35-36(33,34)21(22,23)24)7-9-14(20(30)32)25-19(31)17-26-15(28-29-17)11-12-5-3-2-4-6-12/h2-6,8,10,14H,7,9,11H2,1H3,(H,25,31)(H,26,28,29)/t14-/m0/s1. The molecule has 4 rings (SSSR count). The predicted octanol–water partition coefficient (Wildman–Crippen LogP) is 1.73. The van der Waals surface area contributed by atoms with Gasteiger partial charge in [0.25, 0.3) is 5.91 Å². The molecule has 190 valence electrons. The number of rotatable bonds is 6. The van der Waals surface area contributed by atoms with Crippen LogP contribution in [0.4, 0.5) is 19.0 Å². The molecule has 2 N–H and O–H groups in total. The largest absolute Gasteiger partial charge is 0.534 e. The average Bonchev–Trinajstić information content (AvgIpc) is 3.25. The van der Waals surface area contributed by atoms with Gasteiger partial charge in [-0.1, -0.05) is 30.3 Å². The number of aromatic nitrogens is 4. The number of nitrogens with one attached hydrogen (secondary N) is 2. The summed E-state index contributed by atoms with van der Waals surface area (Å²) in [7, 11) is -4.64. The number of carbonyl (C=O) groups is 2. The monoisotopic (exact) mass is 524 g/mol. The molecule has 15 heteroatoms. The number of benzene rings is 1. The number of pyridine rings is 1. The molecule has 1 aliphatic heterocycles. The Hall–Kier alpha value is -4.01. The van der Waals surface area contributed by atoms with Crippen molar-refractivity contribution in [3.63, 3.8) is 0 Å². The third-order valence-corrected chi connectivity index (χ3v) is 6.27. The van der Waals surface area contributed by atoms with E-state index < -0.39 is 39.4 Å². The molecule has 3 aromatic rings. The number of hydrogen-bond acceptors (Lipinski definition) is 8. The number of amides is 2. The summed E-state index contributed by atoms with van der Waals surface area (Å²) in [5.74, 6) is -1.96. The minimum Gasteiger partial charge on any atom is -0.355 e. The fourth-order valence-corrected chi connectivity index (χ4v) is 3.95. The molecule has 11 nitrogen and oxygen atoms in total. The van der Waals surface area contributed by atoms with Crippen molar-refractivity contribution >= 4 is 27.8 Å². The summed E-state index contributed by atoms with van der Waals surface area (Å²) in [6, 6.07) is 10.6. The van der Waals surface area contributed by atoms with Gasteiger partial charge in [-0.2, -0.15) is 26.6 Å². The molecule has 0 saturated heterocycles. The van der Waals surface area contributed by atoms with E-state index >= 15 is 0 Å². The molecule has 2 aromatic heterocycles. The van der Waals surface area contributed by atoms with Crippen molar-refractivity contribution in [3.05, 3.63) is 65.2 Å². The van der Waals surface area contributed by atoms with Gasteiger partial charge in [-0.15, -0.1) is 5.10 Å². The van der Waals surface area contributed by atoms with Crippen molar-refractivity contribution in [2.24, 2.45) is 0 Å². The van der Waals surface area contributed by atoms with E-state index in [1.54, 1.807) is 0 Å². The Morgan fingerprint density at radius 2 is 1.92 bits per heavy atom. The summed E-state index contributed by atoms with van der Waals surface area (Å²) >= 11 is 0. The Morgan fingerprint density at radius 3 is 2.61 bits per heavy atom. The highest BCUT2D eigenvalue weighted by Crippen LogP contribution is 2.30. The molecule has 0 fully saturated rings. The maximum absolute atomic E-state index is 13.0. The zero-order chi connectivity index (χ0) is 26.1. The van der Waals surface area contributed by atoms with Gasteiger partial charge < -0.3 is 9.50 Å². The maximum atomic E-state index is 13.0. The van der Waals surface area contributed by atoms with E-state index in [0.717, 1.165) is 16.5 Å². The van der Waals surface area contributed by atoms with E-state index in [1.165, 1.54) is 13.1 Å². The lowest BCUT2D eigenvalue weighted by Gasteiger charge is -2.21. The van der Waals surface area contributed by atoms with Crippen molar-refractivity contribution in [1.29, 1.82) is 0 Å². The Balaban J connectivity index is 1.46. The molecule has 0 radical (unpaired) electrons. The number of aromatic amines is 1. The Bertz CT molecular complexity index is 1390. The second-order valence-corrected chi connectivity index (χ2v) is 9.38. The van der Waals surface area contributed by atoms with Gasteiger partial charge in [-0.3, -0.25) is 19.6 Å². The highest BCUT2D eigenvalue weighted by molar-refractivity contribution is 7.87. The van der Waals surface area contributed by atoms with Crippen LogP contribution in [0.2, 0.25) is 0 Å². The third-order valence-electron chi connectivity index (χ3n) is 5.31. The quantitative estimate of drug-likeness (QED) is 0.366. The van der Waals surface area contributed by atoms with Crippen molar-refractivity contribution in [1.82, 2.24) is 25.5 Å². The predicted molar refractivity (Wildman–Crippen MR) is 118 cm³/mol. The molecular formula is C21H19F3N6O5S. The highest BCUT2D eigenvalue weighted by Gasteiger charge is 2.49. The number of fused-ring (bicyclic) bond motifs is 1. The smallest absolute Gasteiger partial charge is 0.355 e. The normalized spacial score (nSPS) is 16.3. The molecule has 1 aromatic carbocycles. The van der Waals surface area contributed by atoms with Crippen molar-refractivity contribution in [3.8, 4) is 5.88 Å². The van der Waals surface area contributed by atoms with E-state index in [0.29, 0.717) is 17.8 Å². The van der Waals surface area contributed by atoms with Crippen LogP contribution >= 0.6 is 0 Å². The molecule has 36 heavy (non-hydrogen) atoms. The van der Waals surface area contributed by atoms with Gasteiger partial charge in [0.15, 0.2) is 0 Å². The van der Waals surface area contributed by atoms with Gasteiger partial charge in [0.1, 0.15) is 17.7 Å². The summed E-state index contributed by atoms with van der Waals surface area (Å²) in [6.07, 6.45) is 0.774. The van der Waals surface area contributed by atoms with Gasteiger partial charge >= 0.3 is 15.6 Å². The van der Waals surface area contributed by atoms with Crippen molar-refractivity contribution in [2.45, 2.75) is 30.8 Å². The summed E-state index contributed by atoms with van der Waals surface area (Å²) in [5, 5.41) is 9.14. The first kappa shape index (κ1) is 25.1.